The molecule has 0 aliphatic heterocycles. The summed E-state index contributed by atoms with van der Waals surface area (Å²) in [5.74, 6) is -1.53. The molecular formula is C16H16N2O5S. The molecule has 3 N–H and O–H groups in total. The Bertz CT molecular complexity index is 843. The highest BCUT2D eigenvalue weighted by Crippen LogP contribution is 2.17. The summed E-state index contributed by atoms with van der Waals surface area (Å²) in [6.45, 7) is 1.36. The van der Waals surface area contributed by atoms with Crippen LogP contribution in [0.3, 0.4) is 0 Å². The first kappa shape index (κ1) is 17.5. The highest BCUT2D eigenvalue weighted by Gasteiger charge is 2.16. The average Bonchev–Trinajstić information content (AvgIpc) is 2.54. The molecule has 0 aliphatic carbocycles. The lowest BCUT2D eigenvalue weighted by Gasteiger charge is -2.09. The summed E-state index contributed by atoms with van der Waals surface area (Å²) in [4.78, 5) is 22.2. The van der Waals surface area contributed by atoms with Crippen LogP contribution in [0.2, 0.25) is 0 Å². The molecule has 0 saturated heterocycles. The zero-order valence-electron chi connectivity index (χ0n) is 12.9. The van der Waals surface area contributed by atoms with Crippen molar-refractivity contribution in [3.8, 4) is 0 Å². The summed E-state index contributed by atoms with van der Waals surface area (Å²) >= 11 is 0. The minimum Gasteiger partial charge on any atom is -0.452 e. The number of ether oxygens (including phenoxy) is 1. The number of esters is 1. The molecule has 0 radical (unpaired) electrons. The standard InChI is InChI=1S/C16H16N2O5S/c1-11-2-6-13(7-3-11)18-24(21,22)14-8-4-12(5-9-14)16(20)23-10-15(17)19/h2-9,18H,10H2,1H3,(H2,17,19). The van der Waals surface area contributed by atoms with Crippen LogP contribution in [0.4, 0.5) is 5.69 Å². The van der Waals surface area contributed by atoms with Crippen LogP contribution in [0, 0.1) is 6.92 Å². The lowest BCUT2D eigenvalue weighted by Crippen LogP contribution is -2.21. The van der Waals surface area contributed by atoms with Gasteiger partial charge in [0.1, 0.15) is 0 Å². The second-order valence-electron chi connectivity index (χ2n) is 5.04. The van der Waals surface area contributed by atoms with Crippen LogP contribution in [0.25, 0.3) is 0 Å². The van der Waals surface area contributed by atoms with Crippen LogP contribution in [0.15, 0.2) is 53.4 Å². The number of amides is 1. The first-order valence-corrected chi connectivity index (χ1v) is 8.41. The van der Waals surface area contributed by atoms with E-state index in [4.69, 9.17) is 5.73 Å². The van der Waals surface area contributed by atoms with E-state index in [1.165, 1.54) is 24.3 Å². The Hall–Kier alpha value is -2.87. The second kappa shape index (κ2) is 7.14. The summed E-state index contributed by atoms with van der Waals surface area (Å²) in [5.41, 5.74) is 6.44. The molecule has 0 aromatic heterocycles. The van der Waals surface area contributed by atoms with Crippen LogP contribution in [0.1, 0.15) is 15.9 Å². The lowest BCUT2D eigenvalue weighted by atomic mass is 10.2. The van der Waals surface area contributed by atoms with Gasteiger partial charge in [-0.3, -0.25) is 9.52 Å². The van der Waals surface area contributed by atoms with Crippen molar-refractivity contribution in [3.05, 3.63) is 59.7 Å². The van der Waals surface area contributed by atoms with Crippen molar-refractivity contribution >= 4 is 27.6 Å². The van der Waals surface area contributed by atoms with E-state index in [1.54, 1.807) is 24.3 Å². The van der Waals surface area contributed by atoms with Crippen LogP contribution in [-0.2, 0) is 19.6 Å². The number of nitrogens with two attached hydrogens (primary N) is 1. The van der Waals surface area contributed by atoms with Gasteiger partial charge in [0.25, 0.3) is 15.9 Å². The van der Waals surface area contributed by atoms with Gasteiger partial charge in [-0.25, -0.2) is 13.2 Å². The van der Waals surface area contributed by atoms with Gasteiger partial charge in [-0.05, 0) is 43.3 Å². The molecule has 0 aliphatic rings. The zero-order chi connectivity index (χ0) is 17.7. The smallest absolute Gasteiger partial charge is 0.338 e. The van der Waals surface area contributed by atoms with E-state index >= 15 is 0 Å². The molecule has 2 aromatic rings. The number of rotatable bonds is 6. The first-order chi connectivity index (χ1) is 11.3. The SMILES string of the molecule is Cc1ccc(NS(=O)(=O)c2ccc(C(=O)OCC(N)=O)cc2)cc1. The van der Waals surface area contributed by atoms with Crippen LogP contribution >= 0.6 is 0 Å². The van der Waals surface area contributed by atoms with E-state index < -0.39 is 28.5 Å². The number of primary amides is 1. The number of hydrogen-bond acceptors (Lipinski definition) is 5. The van der Waals surface area contributed by atoms with Gasteiger partial charge in [-0.2, -0.15) is 0 Å². The summed E-state index contributed by atoms with van der Waals surface area (Å²) in [6.07, 6.45) is 0. The molecule has 0 bridgehead atoms. The number of aryl methyl sites for hydroxylation is 1. The lowest BCUT2D eigenvalue weighted by molar-refractivity contribution is -0.121. The van der Waals surface area contributed by atoms with E-state index in [-0.39, 0.29) is 10.5 Å². The first-order valence-electron chi connectivity index (χ1n) is 6.93. The molecule has 7 nitrogen and oxygen atoms in total. The predicted molar refractivity (Wildman–Crippen MR) is 87.9 cm³/mol. The van der Waals surface area contributed by atoms with Crippen molar-refractivity contribution in [2.45, 2.75) is 11.8 Å². The minimum atomic E-state index is -3.77. The predicted octanol–water partition coefficient (Wildman–Crippen LogP) is 1.44. The molecule has 0 unspecified atom stereocenters. The second-order valence-corrected chi connectivity index (χ2v) is 6.72. The number of carbonyl (C=O) groups is 2. The Kier molecular flexibility index (Phi) is 5.20. The Morgan fingerprint density at radius 1 is 1.04 bits per heavy atom. The monoisotopic (exact) mass is 348 g/mol. The number of hydrogen-bond donors (Lipinski definition) is 2. The minimum absolute atomic E-state index is 0.00507. The maximum atomic E-state index is 12.3. The molecule has 0 spiro atoms. The third-order valence-electron chi connectivity index (χ3n) is 3.05. The normalized spacial score (nSPS) is 10.9. The van der Waals surface area contributed by atoms with E-state index in [9.17, 15) is 18.0 Å². The third-order valence-corrected chi connectivity index (χ3v) is 4.45. The average molecular weight is 348 g/mol. The summed E-state index contributed by atoms with van der Waals surface area (Å²) in [6, 6.07) is 12.0. The molecule has 0 fully saturated rings. The summed E-state index contributed by atoms with van der Waals surface area (Å²) < 4.78 is 31.7. The fourth-order valence-electron chi connectivity index (χ4n) is 1.83. The maximum absolute atomic E-state index is 12.3. The van der Waals surface area contributed by atoms with Crippen molar-refractivity contribution in [2.75, 3.05) is 11.3 Å². The van der Waals surface area contributed by atoms with Crippen molar-refractivity contribution in [3.63, 3.8) is 0 Å². The van der Waals surface area contributed by atoms with Crippen molar-refractivity contribution in [1.82, 2.24) is 0 Å². The van der Waals surface area contributed by atoms with Crippen LogP contribution in [0.5, 0.6) is 0 Å². The van der Waals surface area contributed by atoms with Gasteiger partial charge in [0.05, 0.1) is 10.5 Å². The number of sulfonamides is 1. The Morgan fingerprint density at radius 3 is 2.17 bits per heavy atom. The van der Waals surface area contributed by atoms with Crippen molar-refractivity contribution in [1.29, 1.82) is 0 Å². The fourth-order valence-corrected chi connectivity index (χ4v) is 2.88. The maximum Gasteiger partial charge on any atom is 0.338 e. The van der Waals surface area contributed by atoms with Gasteiger partial charge < -0.3 is 10.5 Å². The van der Waals surface area contributed by atoms with Gasteiger partial charge >= 0.3 is 5.97 Å². The summed E-state index contributed by atoms with van der Waals surface area (Å²) in [7, 11) is -3.77. The van der Waals surface area contributed by atoms with Crippen molar-refractivity contribution < 1.29 is 22.7 Å². The number of carbonyl (C=O) groups excluding carboxylic acids is 2. The molecule has 2 aromatic carbocycles. The molecule has 0 heterocycles. The van der Waals surface area contributed by atoms with Crippen molar-refractivity contribution in [2.24, 2.45) is 5.73 Å². The van der Waals surface area contributed by atoms with E-state index in [1.807, 2.05) is 6.92 Å². The van der Waals surface area contributed by atoms with Gasteiger partial charge in [0, 0.05) is 5.69 Å². The molecule has 24 heavy (non-hydrogen) atoms. The molecule has 126 valence electrons. The quantitative estimate of drug-likeness (QED) is 0.766. The fraction of sp³-hybridized carbons (Fsp3) is 0.125. The van der Waals surface area contributed by atoms with Gasteiger partial charge in [0.15, 0.2) is 6.61 Å². The number of anilines is 1. The van der Waals surface area contributed by atoms with Gasteiger partial charge in [-0.15, -0.1) is 0 Å². The Balaban J connectivity index is 2.12. The molecule has 8 heteroatoms. The molecule has 1 amide bonds. The van der Waals surface area contributed by atoms with Gasteiger partial charge in [-0.1, -0.05) is 17.7 Å². The van der Waals surface area contributed by atoms with Gasteiger partial charge in [0.2, 0.25) is 0 Å². The Morgan fingerprint density at radius 2 is 1.62 bits per heavy atom. The third kappa shape index (κ3) is 4.56. The van der Waals surface area contributed by atoms with E-state index in [0.717, 1.165) is 5.56 Å². The Labute approximate surface area is 139 Å². The van der Waals surface area contributed by atoms with E-state index in [2.05, 4.69) is 9.46 Å². The molecular weight excluding hydrogens is 332 g/mol. The number of nitrogens with one attached hydrogen (secondary N) is 1. The summed E-state index contributed by atoms with van der Waals surface area (Å²) in [5, 5.41) is 0. The molecule has 2 rings (SSSR count). The number of benzene rings is 2. The largest absolute Gasteiger partial charge is 0.452 e. The topological polar surface area (TPSA) is 116 Å². The van der Waals surface area contributed by atoms with E-state index in [0.29, 0.717) is 5.69 Å². The zero-order valence-corrected chi connectivity index (χ0v) is 13.7. The van der Waals surface area contributed by atoms with Crippen LogP contribution < -0.4 is 10.5 Å². The molecule has 0 atom stereocenters. The van der Waals surface area contributed by atoms with Crippen LogP contribution in [-0.4, -0.2) is 26.9 Å². The highest BCUT2D eigenvalue weighted by molar-refractivity contribution is 7.92. The highest BCUT2D eigenvalue weighted by atomic mass is 32.2. The molecule has 0 saturated carbocycles.